The highest BCUT2D eigenvalue weighted by atomic mass is 79.9. The second-order valence-corrected chi connectivity index (χ2v) is 6.44. The van der Waals surface area contributed by atoms with Gasteiger partial charge in [-0.15, -0.1) is 10.2 Å². The predicted molar refractivity (Wildman–Crippen MR) is 93.8 cm³/mol. The molecule has 1 unspecified atom stereocenters. The van der Waals surface area contributed by atoms with Crippen molar-refractivity contribution in [3.05, 3.63) is 70.5 Å². The van der Waals surface area contributed by atoms with Crippen LogP contribution in [0, 0.1) is 0 Å². The molecule has 118 valence electrons. The van der Waals surface area contributed by atoms with Crippen LogP contribution in [0.5, 0.6) is 0 Å². The van der Waals surface area contributed by atoms with E-state index in [1.54, 1.807) is 0 Å². The number of hydrogen-bond donors (Lipinski definition) is 0. The maximum Gasteiger partial charge on any atom is 0.247 e. The van der Waals surface area contributed by atoms with Gasteiger partial charge < -0.3 is 4.42 Å². The van der Waals surface area contributed by atoms with Crippen LogP contribution in [0.2, 0.25) is 0 Å². The minimum atomic E-state index is 0.0450. The van der Waals surface area contributed by atoms with Gasteiger partial charge in [0, 0.05) is 16.6 Å². The van der Waals surface area contributed by atoms with Crippen molar-refractivity contribution in [2.24, 2.45) is 0 Å². The smallest absolute Gasteiger partial charge is 0.247 e. The van der Waals surface area contributed by atoms with Gasteiger partial charge in [0.15, 0.2) is 0 Å². The number of benzene rings is 2. The summed E-state index contributed by atoms with van der Waals surface area (Å²) < 4.78 is 6.92. The third kappa shape index (κ3) is 3.86. The minimum absolute atomic E-state index is 0.0450. The molecule has 0 aliphatic carbocycles. The molecule has 1 heterocycles. The van der Waals surface area contributed by atoms with Crippen LogP contribution in [-0.2, 0) is 6.54 Å². The summed E-state index contributed by atoms with van der Waals surface area (Å²) in [7, 11) is 2.05. The van der Waals surface area contributed by atoms with E-state index in [4.69, 9.17) is 4.42 Å². The molecule has 3 aromatic rings. The van der Waals surface area contributed by atoms with E-state index in [9.17, 15) is 0 Å². The predicted octanol–water partition coefficient (Wildman–Crippen LogP) is 4.69. The SMILES string of the molecule is CC(c1nnc(-c2ccccc2)o1)N(C)Cc1ccc(Br)cc1. The van der Waals surface area contributed by atoms with Crippen LogP contribution in [-0.4, -0.2) is 22.1 Å². The molecule has 1 aromatic heterocycles. The van der Waals surface area contributed by atoms with Gasteiger partial charge in [-0.2, -0.15) is 0 Å². The maximum absolute atomic E-state index is 5.84. The lowest BCUT2D eigenvalue weighted by molar-refractivity contribution is 0.218. The van der Waals surface area contributed by atoms with E-state index in [0.717, 1.165) is 16.6 Å². The second kappa shape index (κ2) is 7.06. The molecule has 2 aromatic carbocycles. The summed E-state index contributed by atoms with van der Waals surface area (Å²) in [6.07, 6.45) is 0. The molecule has 0 aliphatic rings. The fourth-order valence-corrected chi connectivity index (χ4v) is 2.57. The zero-order valence-corrected chi connectivity index (χ0v) is 14.7. The summed E-state index contributed by atoms with van der Waals surface area (Å²) >= 11 is 3.46. The third-order valence-corrected chi connectivity index (χ3v) is 4.35. The molecule has 0 radical (unpaired) electrons. The Morgan fingerprint density at radius 1 is 1.04 bits per heavy atom. The van der Waals surface area contributed by atoms with Gasteiger partial charge in [0.25, 0.3) is 0 Å². The van der Waals surface area contributed by atoms with Crippen LogP contribution in [0.15, 0.2) is 63.5 Å². The largest absolute Gasteiger partial charge is 0.419 e. The third-order valence-electron chi connectivity index (χ3n) is 3.83. The van der Waals surface area contributed by atoms with E-state index in [0.29, 0.717) is 11.8 Å². The van der Waals surface area contributed by atoms with Crippen LogP contribution < -0.4 is 0 Å². The normalized spacial score (nSPS) is 12.5. The molecule has 1 atom stereocenters. The highest BCUT2D eigenvalue weighted by Crippen LogP contribution is 2.24. The first-order valence-electron chi connectivity index (χ1n) is 7.47. The van der Waals surface area contributed by atoms with Crippen LogP contribution in [0.25, 0.3) is 11.5 Å². The molecule has 0 saturated heterocycles. The molecular weight excluding hydrogens is 354 g/mol. The first-order valence-corrected chi connectivity index (χ1v) is 8.26. The molecule has 5 heteroatoms. The average Bonchev–Trinajstić information content (AvgIpc) is 3.07. The van der Waals surface area contributed by atoms with Gasteiger partial charge in [-0.25, -0.2) is 0 Å². The lowest BCUT2D eigenvalue weighted by Gasteiger charge is -2.21. The summed E-state index contributed by atoms with van der Waals surface area (Å²) in [4.78, 5) is 2.19. The average molecular weight is 372 g/mol. The van der Waals surface area contributed by atoms with Gasteiger partial charge in [0.1, 0.15) is 0 Å². The zero-order chi connectivity index (χ0) is 16.2. The Kier molecular flexibility index (Phi) is 4.88. The topological polar surface area (TPSA) is 42.2 Å². The van der Waals surface area contributed by atoms with Gasteiger partial charge in [-0.3, -0.25) is 4.90 Å². The highest BCUT2D eigenvalue weighted by Gasteiger charge is 2.19. The number of aromatic nitrogens is 2. The van der Waals surface area contributed by atoms with Crippen LogP contribution in [0.4, 0.5) is 0 Å². The number of rotatable bonds is 5. The quantitative estimate of drug-likeness (QED) is 0.652. The van der Waals surface area contributed by atoms with Gasteiger partial charge in [0.2, 0.25) is 11.8 Å². The Hall–Kier alpha value is -1.98. The van der Waals surface area contributed by atoms with E-state index in [1.165, 1.54) is 5.56 Å². The van der Waals surface area contributed by atoms with Crippen molar-refractivity contribution >= 4 is 15.9 Å². The number of nitrogens with zero attached hydrogens (tertiary/aromatic N) is 3. The van der Waals surface area contributed by atoms with E-state index < -0.39 is 0 Å². The zero-order valence-electron chi connectivity index (χ0n) is 13.1. The maximum atomic E-state index is 5.84. The first kappa shape index (κ1) is 15.9. The summed E-state index contributed by atoms with van der Waals surface area (Å²) in [6, 6.07) is 18.2. The standard InChI is InChI=1S/C18H18BrN3O/c1-13(22(2)12-14-8-10-16(19)11-9-14)17-20-21-18(23-17)15-6-4-3-5-7-15/h3-11,13H,12H2,1-2H3. The fourth-order valence-electron chi connectivity index (χ4n) is 2.30. The fraction of sp³-hybridized carbons (Fsp3) is 0.222. The molecule has 4 nitrogen and oxygen atoms in total. The minimum Gasteiger partial charge on any atom is -0.419 e. The van der Waals surface area contributed by atoms with Crippen LogP contribution in [0.3, 0.4) is 0 Å². The second-order valence-electron chi connectivity index (χ2n) is 5.53. The van der Waals surface area contributed by atoms with Crippen LogP contribution in [0.1, 0.15) is 24.4 Å². The molecule has 23 heavy (non-hydrogen) atoms. The van der Waals surface area contributed by atoms with Crippen molar-refractivity contribution < 1.29 is 4.42 Å². The molecule has 0 N–H and O–H groups in total. The summed E-state index contributed by atoms with van der Waals surface area (Å²) in [5.74, 6) is 1.19. The van der Waals surface area contributed by atoms with Gasteiger partial charge in [0.05, 0.1) is 6.04 Å². The number of hydrogen-bond acceptors (Lipinski definition) is 4. The van der Waals surface area contributed by atoms with Crippen molar-refractivity contribution in [2.75, 3.05) is 7.05 Å². The van der Waals surface area contributed by atoms with Crippen molar-refractivity contribution in [3.8, 4) is 11.5 Å². The molecule has 0 saturated carbocycles. The Bertz CT molecular complexity index is 755. The Morgan fingerprint density at radius 3 is 2.43 bits per heavy atom. The van der Waals surface area contributed by atoms with Gasteiger partial charge >= 0.3 is 0 Å². The molecule has 0 bridgehead atoms. The molecular formula is C18H18BrN3O. The summed E-state index contributed by atoms with van der Waals surface area (Å²) in [5, 5.41) is 8.36. The Balaban J connectivity index is 1.71. The van der Waals surface area contributed by atoms with Crippen molar-refractivity contribution in [3.63, 3.8) is 0 Å². The summed E-state index contributed by atoms with van der Waals surface area (Å²) in [5.41, 5.74) is 2.18. The number of halogens is 1. The molecule has 0 aliphatic heterocycles. The first-order chi connectivity index (χ1) is 11.1. The monoisotopic (exact) mass is 371 g/mol. The molecule has 3 rings (SSSR count). The molecule has 0 fully saturated rings. The lowest BCUT2D eigenvalue weighted by Crippen LogP contribution is -2.22. The Morgan fingerprint density at radius 2 is 1.74 bits per heavy atom. The van der Waals surface area contributed by atoms with E-state index in [2.05, 4.69) is 57.1 Å². The van der Waals surface area contributed by atoms with E-state index in [-0.39, 0.29) is 6.04 Å². The van der Waals surface area contributed by atoms with E-state index >= 15 is 0 Å². The van der Waals surface area contributed by atoms with E-state index in [1.807, 2.05) is 42.5 Å². The lowest BCUT2D eigenvalue weighted by atomic mass is 10.2. The van der Waals surface area contributed by atoms with Gasteiger partial charge in [-0.1, -0.05) is 46.3 Å². The van der Waals surface area contributed by atoms with Crippen LogP contribution >= 0.6 is 15.9 Å². The Labute approximate surface area is 144 Å². The van der Waals surface area contributed by atoms with Crippen molar-refractivity contribution in [1.29, 1.82) is 0 Å². The molecule has 0 spiro atoms. The summed E-state index contributed by atoms with van der Waals surface area (Å²) in [6.45, 7) is 2.89. The van der Waals surface area contributed by atoms with Gasteiger partial charge in [-0.05, 0) is 43.8 Å². The van der Waals surface area contributed by atoms with Crippen molar-refractivity contribution in [1.82, 2.24) is 15.1 Å². The highest BCUT2D eigenvalue weighted by molar-refractivity contribution is 9.10. The van der Waals surface area contributed by atoms with Crippen molar-refractivity contribution in [2.45, 2.75) is 19.5 Å². The molecule has 0 amide bonds.